The standard InChI is InChI=1S/C17H17BrCl2/c1-13-6-8-14(9-7-13)10-17(11-19,12-20)15-4-2-3-5-16(15)18/h2-9H,10-12H2,1H3. The molecule has 0 unspecified atom stereocenters. The molecular weight excluding hydrogens is 355 g/mol. The Morgan fingerprint density at radius 2 is 1.55 bits per heavy atom. The molecule has 0 radical (unpaired) electrons. The minimum absolute atomic E-state index is 0.252. The second-order valence-corrected chi connectivity index (χ2v) is 6.58. The number of hydrogen-bond acceptors (Lipinski definition) is 0. The van der Waals surface area contributed by atoms with Crippen molar-refractivity contribution in [3.05, 3.63) is 69.7 Å². The van der Waals surface area contributed by atoms with E-state index in [0.717, 1.165) is 10.9 Å². The number of aryl methyl sites for hydroxylation is 1. The van der Waals surface area contributed by atoms with E-state index in [1.54, 1.807) is 0 Å². The highest BCUT2D eigenvalue weighted by Crippen LogP contribution is 2.36. The predicted octanol–water partition coefficient (Wildman–Crippen LogP) is 5.72. The fourth-order valence-corrected chi connectivity index (χ4v) is 3.83. The molecular formula is C17H17BrCl2. The smallest absolute Gasteiger partial charge is 0.0335 e. The fraction of sp³-hybridized carbons (Fsp3) is 0.294. The maximum Gasteiger partial charge on any atom is 0.0335 e. The zero-order valence-corrected chi connectivity index (χ0v) is 14.5. The minimum Gasteiger partial charge on any atom is -0.126 e. The van der Waals surface area contributed by atoms with Crippen molar-refractivity contribution in [3.63, 3.8) is 0 Å². The molecule has 0 saturated carbocycles. The second kappa shape index (κ2) is 6.98. The number of hydrogen-bond donors (Lipinski definition) is 0. The summed E-state index contributed by atoms with van der Waals surface area (Å²) in [5.74, 6) is 0.986. The fourth-order valence-electron chi connectivity index (χ4n) is 2.36. The molecule has 0 atom stereocenters. The second-order valence-electron chi connectivity index (χ2n) is 5.19. The van der Waals surface area contributed by atoms with Gasteiger partial charge in [0, 0.05) is 21.6 Å². The summed E-state index contributed by atoms with van der Waals surface area (Å²) >= 11 is 16.2. The third-order valence-electron chi connectivity index (χ3n) is 3.62. The Kier molecular flexibility index (Phi) is 5.54. The molecule has 106 valence electrons. The summed E-state index contributed by atoms with van der Waals surface area (Å²) in [5.41, 5.74) is 3.44. The van der Waals surface area contributed by atoms with E-state index in [9.17, 15) is 0 Å². The molecule has 0 spiro atoms. The van der Waals surface area contributed by atoms with Crippen molar-refractivity contribution < 1.29 is 0 Å². The van der Waals surface area contributed by atoms with E-state index in [0.29, 0.717) is 11.8 Å². The minimum atomic E-state index is -0.252. The van der Waals surface area contributed by atoms with Gasteiger partial charge in [-0.2, -0.15) is 0 Å². The van der Waals surface area contributed by atoms with E-state index in [2.05, 4.69) is 53.2 Å². The van der Waals surface area contributed by atoms with Crippen LogP contribution in [0.2, 0.25) is 0 Å². The lowest BCUT2D eigenvalue weighted by Crippen LogP contribution is -2.33. The molecule has 0 aliphatic rings. The van der Waals surface area contributed by atoms with Gasteiger partial charge in [0.1, 0.15) is 0 Å². The van der Waals surface area contributed by atoms with Gasteiger partial charge in [0.15, 0.2) is 0 Å². The van der Waals surface area contributed by atoms with Crippen LogP contribution in [0.4, 0.5) is 0 Å². The lowest BCUT2D eigenvalue weighted by Gasteiger charge is -2.31. The van der Waals surface area contributed by atoms with Crippen LogP contribution in [0.25, 0.3) is 0 Å². The zero-order valence-electron chi connectivity index (χ0n) is 11.4. The molecule has 3 heteroatoms. The Morgan fingerprint density at radius 1 is 0.950 bits per heavy atom. The van der Waals surface area contributed by atoms with Gasteiger partial charge in [0.25, 0.3) is 0 Å². The molecule has 0 heterocycles. The lowest BCUT2D eigenvalue weighted by atomic mass is 9.78. The van der Waals surface area contributed by atoms with Gasteiger partial charge in [0.05, 0.1) is 0 Å². The van der Waals surface area contributed by atoms with Crippen LogP contribution in [0.3, 0.4) is 0 Å². The molecule has 0 bridgehead atoms. The lowest BCUT2D eigenvalue weighted by molar-refractivity contribution is 0.534. The van der Waals surface area contributed by atoms with Crippen molar-refractivity contribution in [1.82, 2.24) is 0 Å². The molecule has 2 rings (SSSR count). The SMILES string of the molecule is Cc1ccc(CC(CCl)(CCl)c2ccccc2Br)cc1. The maximum atomic E-state index is 6.31. The van der Waals surface area contributed by atoms with Crippen LogP contribution < -0.4 is 0 Å². The van der Waals surface area contributed by atoms with Gasteiger partial charge in [-0.3, -0.25) is 0 Å². The summed E-state index contributed by atoms with van der Waals surface area (Å²) in [7, 11) is 0. The van der Waals surface area contributed by atoms with E-state index < -0.39 is 0 Å². The van der Waals surface area contributed by atoms with Crippen LogP contribution in [0.5, 0.6) is 0 Å². The van der Waals surface area contributed by atoms with Crippen LogP contribution in [0.1, 0.15) is 16.7 Å². The monoisotopic (exact) mass is 370 g/mol. The van der Waals surface area contributed by atoms with Gasteiger partial charge in [-0.25, -0.2) is 0 Å². The largest absolute Gasteiger partial charge is 0.126 e. The van der Waals surface area contributed by atoms with Gasteiger partial charge >= 0.3 is 0 Å². The Hall–Kier alpha value is -0.500. The third-order valence-corrected chi connectivity index (χ3v) is 5.33. The first-order chi connectivity index (χ1) is 9.61. The van der Waals surface area contributed by atoms with Crippen molar-refractivity contribution in [1.29, 1.82) is 0 Å². The summed E-state index contributed by atoms with van der Waals surface area (Å²) < 4.78 is 1.06. The molecule has 0 aliphatic carbocycles. The number of benzene rings is 2. The highest BCUT2D eigenvalue weighted by Gasteiger charge is 2.32. The first kappa shape index (κ1) is 15.9. The highest BCUT2D eigenvalue weighted by atomic mass is 79.9. The van der Waals surface area contributed by atoms with Crippen LogP contribution >= 0.6 is 39.1 Å². The van der Waals surface area contributed by atoms with E-state index in [1.807, 2.05) is 18.2 Å². The summed E-state index contributed by atoms with van der Waals surface area (Å²) in [5, 5.41) is 0. The quantitative estimate of drug-likeness (QED) is 0.590. The molecule has 2 aromatic rings. The first-order valence-corrected chi connectivity index (χ1v) is 8.40. The van der Waals surface area contributed by atoms with Crippen molar-refractivity contribution in [2.75, 3.05) is 11.8 Å². The molecule has 0 saturated heterocycles. The first-order valence-electron chi connectivity index (χ1n) is 6.54. The predicted molar refractivity (Wildman–Crippen MR) is 92.1 cm³/mol. The van der Waals surface area contributed by atoms with Crippen LogP contribution in [0, 0.1) is 6.92 Å². The van der Waals surface area contributed by atoms with E-state index in [4.69, 9.17) is 23.2 Å². The van der Waals surface area contributed by atoms with Gasteiger partial charge in [0.2, 0.25) is 0 Å². The molecule has 0 fully saturated rings. The Balaban J connectivity index is 2.39. The highest BCUT2D eigenvalue weighted by molar-refractivity contribution is 9.10. The number of rotatable bonds is 5. The van der Waals surface area contributed by atoms with Crippen molar-refractivity contribution >= 4 is 39.1 Å². The average Bonchev–Trinajstić information content (AvgIpc) is 2.48. The summed E-state index contributed by atoms with van der Waals surface area (Å²) in [6.07, 6.45) is 0.836. The van der Waals surface area contributed by atoms with Gasteiger partial charge in [-0.05, 0) is 30.5 Å². The Bertz CT molecular complexity index is 559. The molecule has 20 heavy (non-hydrogen) atoms. The Labute approximate surface area is 139 Å². The zero-order chi connectivity index (χ0) is 14.6. The van der Waals surface area contributed by atoms with Gasteiger partial charge in [-0.1, -0.05) is 64.0 Å². The Morgan fingerprint density at radius 3 is 2.10 bits per heavy atom. The molecule has 0 aromatic heterocycles. The van der Waals surface area contributed by atoms with Gasteiger partial charge in [-0.15, -0.1) is 23.2 Å². The summed E-state index contributed by atoms with van der Waals surface area (Å²) in [4.78, 5) is 0. The topological polar surface area (TPSA) is 0 Å². The van der Waals surface area contributed by atoms with Crippen LogP contribution in [0.15, 0.2) is 53.0 Å². The van der Waals surface area contributed by atoms with Gasteiger partial charge < -0.3 is 0 Å². The van der Waals surface area contributed by atoms with Crippen LogP contribution in [-0.2, 0) is 11.8 Å². The van der Waals surface area contributed by atoms with Crippen molar-refractivity contribution in [2.45, 2.75) is 18.8 Å². The van der Waals surface area contributed by atoms with Crippen LogP contribution in [-0.4, -0.2) is 11.8 Å². The third kappa shape index (κ3) is 3.39. The molecule has 0 aliphatic heterocycles. The molecule has 0 N–H and O–H groups in total. The summed E-state index contributed by atoms with van der Waals surface area (Å²) in [6.45, 7) is 2.09. The normalized spacial score (nSPS) is 11.6. The van der Waals surface area contributed by atoms with Crippen molar-refractivity contribution in [2.24, 2.45) is 0 Å². The number of halogens is 3. The molecule has 0 nitrogen and oxygen atoms in total. The van der Waals surface area contributed by atoms with E-state index in [1.165, 1.54) is 16.7 Å². The maximum absolute atomic E-state index is 6.31. The summed E-state index contributed by atoms with van der Waals surface area (Å²) in [6, 6.07) is 16.7. The average molecular weight is 372 g/mol. The van der Waals surface area contributed by atoms with E-state index >= 15 is 0 Å². The number of alkyl halides is 2. The van der Waals surface area contributed by atoms with Crippen molar-refractivity contribution in [3.8, 4) is 0 Å². The molecule has 0 amide bonds. The molecule has 2 aromatic carbocycles. The van der Waals surface area contributed by atoms with E-state index in [-0.39, 0.29) is 5.41 Å².